The average molecular weight is 346 g/mol. The smallest absolute Gasteiger partial charge is 0.418 e. The molecule has 22 heavy (non-hydrogen) atoms. The average Bonchev–Trinajstić information content (AvgIpc) is 2.60. The third kappa shape index (κ3) is 5.19. The van der Waals surface area contributed by atoms with Crippen LogP contribution in [0.1, 0.15) is 30.2 Å². The van der Waals surface area contributed by atoms with Crippen molar-refractivity contribution in [2.75, 3.05) is 0 Å². The fraction of sp³-hybridized carbons (Fsp3) is 0.385. The third-order valence-corrected chi connectivity index (χ3v) is 4.85. The third-order valence-electron chi connectivity index (χ3n) is 2.84. The summed E-state index contributed by atoms with van der Waals surface area (Å²) in [6, 6.07) is 7.07. The van der Waals surface area contributed by atoms with E-state index >= 15 is 0 Å². The van der Waals surface area contributed by atoms with E-state index < -0.39 is 23.2 Å². The zero-order valence-corrected chi connectivity index (χ0v) is 12.8. The molecule has 124 valence electrons. The maximum Gasteiger partial charge on any atom is 0.673 e. The van der Waals surface area contributed by atoms with Gasteiger partial charge in [-0.05, 0) is 17.5 Å². The first-order valence-electron chi connectivity index (χ1n) is 6.31. The van der Waals surface area contributed by atoms with Gasteiger partial charge in [0.05, 0.1) is 10.5 Å². The Morgan fingerprint density at radius 1 is 1.00 bits per heavy atom. The summed E-state index contributed by atoms with van der Waals surface area (Å²) < 4.78 is 78.4. The van der Waals surface area contributed by atoms with Crippen molar-refractivity contribution in [3.05, 3.63) is 34.7 Å². The van der Waals surface area contributed by atoms with E-state index in [1.165, 1.54) is 0 Å². The van der Waals surface area contributed by atoms with Gasteiger partial charge in [-0.1, -0.05) is 19.9 Å². The van der Waals surface area contributed by atoms with E-state index in [9.17, 15) is 30.4 Å². The van der Waals surface area contributed by atoms with Gasteiger partial charge in [0.2, 0.25) is 0 Å². The molecule has 2 rings (SSSR count). The zero-order valence-electron chi connectivity index (χ0n) is 12.0. The number of thiophene rings is 1. The van der Waals surface area contributed by atoms with E-state index in [-0.39, 0.29) is 5.92 Å². The van der Waals surface area contributed by atoms with Crippen LogP contribution in [-0.2, 0) is 5.51 Å². The highest BCUT2D eigenvalue weighted by atomic mass is 32.2. The lowest BCUT2D eigenvalue weighted by atomic mass is 10.0. The number of fused-ring (bicyclic) bond motifs is 1. The lowest BCUT2D eigenvalue weighted by Gasteiger charge is -2.04. The van der Waals surface area contributed by atoms with Gasteiger partial charge in [0.1, 0.15) is 0 Å². The Morgan fingerprint density at radius 2 is 1.50 bits per heavy atom. The molecular weight excluding hydrogens is 332 g/mol. The largest absolute Gasteiger partial charge is 0.673 e. The maximum absolute atomic E-state index is 13.0. The second kappa shape index (κ2) is 6.48. The molecule has 0 aliphatic heterocycles. The first-order chi connectivity index (χ1) is 9.80. The van der Waals surface area contributed by atoms with E-state index in [2.05, 4.69) is 0 Å². The number of rotatable bonds is 1. The van der Waals surface area contributed by atoms with Crippen molar-refractivity contribution in [2.24, 2.45) is 0 Å². The molecule has 0 nitrogen and oxygen atoms in total. The van der Waals surface area contributed by atoms with E-state index in [4.69, 9.17) is 0 Å². The van der Waals surface area contributed by atoms with Gasteiger partial charge >= 0.3 is 12.8 Å². The molecule has 1 atom stereocenters. The molecular formula is C13H14BF7S. The summed E-state index contributed by atoms with van der Waals surface area (Å²) in [5.74, 6) is 0.250. The van der Waals surface area contributed by atoms with E-state index in [1.54, 1.807) is 25.1 Å². The minimum Gasteiger partial charge on any atom is -0.418 e. The Morgan fingerprint density at radius 3 is 1.91 bits per heavy atom. The van der Waals surface area contributed by atoms with Gasteiger partial charge in [0.15, 0.2) is 9.58 Å². The lowest BCUT2D eigenvalue weighted by molar-refractivity contribution is -0.0867. The Hall–Kier alpha value is -1.25. The molecule has 0 spiro atoms. The Labute approximate surface area is 126 Å². The number of benzene rings is 1. The van der Waals surface area contributed by atoms with Crippen LogP contribution in [0.5, 0.6) is 0 Å². The number of halogens is 7. The highest BCUT2D eigenvalue weighted by Gasteiger charge is 2.46. The molecule has 0 aliphatic carbocycles. The van der Waals surface area contributed by atoms with Crippen LogP contribution >= 0.6 is 10.5 Å². The molecule has 9 heteroatoms. The van der Waals surface area contributed by atoms with Crippen molar-refractivity contribution in [2.45, 2.75) is 32.2 Å². The molecule has 0 fully saturated rings. The van der Waals surface area contributed by atoms with Crippen LogP contribution in [0.3, 0.4) is 0 Å². The predicted octanol–water partition coefficient (Wildman–Crippen LogP) is 6.80. The van der Waals surface area contributed by atoms with E-state index in [0.29, 0.717) is 15.0 Å². The monoisotopic (exact) mass is 346 g/mol. The topological polar surface area (TPSA) is 0 Å². The molecule has 0 saturated heterocycles. The fourth-order valence-corrected chi connectivity index (χ4v) is 3.79. The number of hydrogen-bond donors (Lipinski definition) is 0. The van der Waals surface area contributed by atoms with E-state index in [0.717, 1.165) is 5.56 Å². The summed E-state index contributed by atoms with van der Waals surface area (Å²) in [4.78, 5) is 0.411. The van der Waals surface area contributed by atoms with Crippen LogP contribution in [0.25, 0.3) is 10.1 Å². The van der Waals surface area contributed by atoms with Crippen LogP contribution in [-0.4, -0.2) is 7.25 Å². The summed E-state index contributed by atoms with van der Waals surface area (Å²) >= 11 is 0. The van der Waals surface area contributed by atoms with Gasteiger partial charge in [-0.25, -0.2) is 0 Å². The van der Waals surface area contributed by atoms with Crippen molar-refractivity contribution < 1.29 is 30.4 Å². The standard InChI is InChI=1S/C13H14F3S.BF4/c1-8(2)10-4-5-11-6-9(3)17(12(11)7-10)13(14,15)16;2-1(3,4)5/h4-8H,1-3H3;/q+1;-1. The molecule has 1 unspecified atom stereocenters. The first kappa shape index (κ1) is 18.8. The Kier molecular flexibility index (Phi) is 5.54. The minimum atomic E-state index is -6.00. The van der Waals surface area contributed by atoms with E-state index in [1.807, 2.05) is 19.9 Å². The SMILES string of the molecule is Cc1cc2ccc(C(C)C)cc2[s+]1C(F)(F)F.F[B-](F)(F)F. The summed E-state index contributed by atoms with van der Waals surface area (Å²) in [5.41, 5.74) is -3.20. The molecule has 0 N–H and O–H groups in total. The summed E-state index contributed by atoms with van der Waals surface area (Å²) in [6.07, 6.45) is 0. The second-order valence-electron chi connectivity index (χ2n) is 4.95. The summed E-state index contributed by atoms with van der Waals surface area (Å²) in [5, 5.41) is 0.715. The fourth-order valence-electron chi connectivity index (χ4n) is 1.96. The molecule has 1 aromatic carbocycles. The lowest BCUT2D eigenvalue weighted by Crippen LogP contribution is -2.02. The molecule has 1 heterocycles. The maximum atomic E-state index is 13.0. The minimum absolute atomic E-state index is 0.250. The number of aryl methyl sites for hydroxylation is 1. The van der Waals surface area contributed by atoms with Gasteiger partial charge in [-0.2, -0.15) is 0 Å². The quantitative estimate of drug-likeness (QED) is 0.303. The van der Waals surface area contributed by atoms with Crippen molar-refractivity contribution in [1.29, 1.82) is 0 Å². The van der Waals surface area contributed by atoms with Gasteiger partial charge < -0.3 is 17.3 Å². The van der Waals surface area contributed by atoms with Crippen molar-refractivity contribution in [1.82, 2.24) is 0 Å². The van der Waals surface area contributed by atoms with Crippen LogP contribution < -0.4 is 0 Å². The van der Waals surface area contributed by atoms with Gasteiger partial charge in [0, 0.05) is 24.4 Å². The molecule has 1 aromatic heterocycles. The second-order valence-corrected chi connectivity index (χ2v) is 7.11. The highest BCUT2D eigenvalue weighted by Crippen LogP contribution is 2.50. The van der Waals surface area contributed by atoms with Crippen LogP contribution in [0.15, 0.2) is 24.3 Å². The van der Waals surface area contributed by atoms with Crippen molar-refractivity contribution >= 4 is 27.8 Å². The molecule has 0 amide bonds. The molecule has 0 saturated carbocycles. The Bertz CT molecular complexity index is 634. The number of hydrogen-bond acceptors (Lipinski definition) is 0. The van der Waals surface area contributed by atoms with Crippen LogP contribution in [0.4, 0.5) is 30.4 Å². The molecule has 0 aliphatic rings. The molecule has 0 bridgehead atoms. The predicted molar refractivity (Wildman–Crippen MR) is 76.7 cm³/mol. The number of alkyl halides is 3. The first-order valence-corrected chi connectivity index (χ1v) is 7.54. The van der Waals surface area contributed by atoms with Gasteiger partial charge in [-0.15, -0.1) is 13.2 Å². The molecule has 2 aromatic rings. The van der Waals surface area contributed by atoms with Crippen molar-refractivity contribution in [3.8, 4) is 0 Å². The van der Waals surface area contributed by atoms with Crippen LogP contribution in [0, 0.1) is 6.92 Å². The van der Waals surface area contributed by atoms with Crippen LogP contribution in [0.2, 0.25) is 0 Å². The summed E-state index contributed by atoms with van der Waals surface area (Å²) in [7, 11) is -7.73. The highest BCUT2D eigenvalue weighted by molar-refractivity contribution is 7.38. The zero-order chi connectivity index (χ0) is 17.3. The Balaban J connectivity index is 0.000000422. The van der Waals surface area contributed by atoms with Gasteiger partial charge in [-0.3, -0.25) is 0 Å². The summed E-state index contributed by atoms with van der Waals surface area (Å²) in [6.45, 7) is 5.54. The van der Waals surface area contributed by atoms with Gasteiger partial charge in [0.25, 0.3) is 0 Å². The van der Waals surface area contributed by atoms with Crippen molar-refractivity contribution in [3.63, 3.8) is 0 Å². The normalized spacial score (nSPS) is 13.3. The molecule has 0 radical (unpaired) electrons.